The van der Waals surface area contributed by atoms with Crippen LogP contribution in [-0.4, -0.2) is 45.8 Å². The maximum atomic E-state index is 12.7. The summed E-state index contributed by atoms with van der Waals surface area (Å²) in [6.07, 6.45) is -0.843. The van der Waals surface area contributed by atoms with Gasteiger partial charge in [-0.15, -0.1) is 0 Å². The molecule has 30 heavy (non-hydrogen) atoms. The number of aliphatic hydroxyl groups excluding tert-OH is 1. The Hall–Kier alpha value is -3.13. The van der Waals surface area contributed by atoms with Gasteiger partial charge in [-0.3, -0.25) is 4.79 Å². The van der Waals surface area contributed by atoms with Crippen molar-refractivity contribution in [1.29, 1.82) is 0 Å². The van der Waals surface area contributed by atoms with Gasteiger partial charge in [0.1, 0.15) is 0 Å². The molecule has 2 aromatic rings. The van der Waals surface area contributed by atoms with E-state index < -0.39 is 12.0 Å². The third-order valence-corrected chi connectivity index (χ3v) is 6.19. The standard InChI is InChI=1S/C22H22O8/c1-25-16-4-10(5-17(26-2)21(16)27-3)18-11-6-14-15(30-9-29-14)7-12(11)20(23)13-8-28-22(24)19(13)18/h4-7,13,18-20,23H,8-9H2,1-3H3/t13-,18+,19?,20+/m0/s1. The van der Waals surface area contributed by atoms with Crippen LogP contribution in [0.2, 0.25) is 0 Å². The summed E-state index contributed by atoms with van der Waals surface area (Å²) in [6, 6.07) is 7.31. The number of hydrogen-bond acceptors (Lipinski definition) is 8. The van der Waals surface area contributed by atoms with Crippen LogP contribution in [0.3, 0.4) is 0 Å². The monoisotopic (exact) mass is 414 g/mol. The van der Waals surface area contributed by atoms with Gasteiger partial charge < -0.3 is 33.5 Å². The third kappa shape index (κ3) is 2.60. The summed E-state index contributed by atoms with van der Waals surface area (Å²) < 4.78 is 32.9. The van der Waals surface area contributed by atoms with E-state index in [-0.39, 0.29) is 31.2 Å². The first kappa shape index (κ1) is 18.9. The molecule has 0 radical (unpaired) electrons. The number of ether oxygens (including phenoxy) is 6. The minimum absolute atomic E-state index is 0.123. The lowest BCUT2D eigenvalue weighted by Gasteiger charge is -2.37. The Bertz CT molecular complexity index is 991. The molecule has 158 valence electrons. The van der Waals surface area contributed by atoms with Crippen molar-refractivity contribution in [2.45, 2.75) is 12.0 Å². The average molecular weight is 414 g/mol. The lowest BCUT2D eigenvalue weighted by molar-refractivity contribution is -0.141. The molecule has 0 saturated carbocycles. The summed E-state index contributed by atoms with van der Waals surface area (Å²) >= 11 is 0. The number of esters is 1. The molecule has 0 spiro atoms. The molecule has 1 fully saturated rings. The highest BCUT2D eigenvalue weighted by Gasteiger charge is 2.52. The first-order valence-electron chi connectivity index (χ1n) is 9.65. The fourth-order valence-electron chi connectivity index (χ4n) is 4.81. The first-order chi connectivity index (χ1) is 14.6. The van der Waals surface area contributed by atoms with Gasteiger partial charge in [-0.05, 0) is 41.0 Å². The van der Waals surface area contributed by atoms with Gasteiger partial charge in [-0.2, -0.15) is 0 Å². The number of rotatable bonds is 4. The topological polar surface area (TPSA) is 92.7 Å². The number of hydrogen-bond donors (Lipinski definition) is 1. The highest BCUT2D eigenvalue weighted by molar-refractivity contribution is 5.79. The largest absolute Gasteiger partial charge is 0.493 e. The molecule has 5 rings (SSSR count). The van der Waals surface area contributed by atoms with Crippen LogP contribution in [0.15, 0.2) is 24.3 Å². The molecule has 8 nitrogen and oxygen atoms in total. The number of cyclic esters (lactones) is 1. The van der Waals surface area contributed by atoms with E-state index in [4.69, 9.17) is 28.4 Å². The maximum absolute atomic E-state index is 12.7. The van der Waals surface area contributed by atoms with Gasteiger partial charge in [0.2, 0.25) is 12.5 Å². The molecular weight excluding hydrogens is 392 g/mol. The maximum Gasteiger partial charge on any atom is 0.310 e. The predicted molar refractivity (Wildman–Crippen MR) is 103 cm³/mol. The molecule has 2 aliphatic heterocycles. The van der Waals surface area contributed by atoms with E-state index in [1.54, 1.807) is 20.3 Å². The van der Waals surface area contributed by atoms with Crippen molar-refractivity contribution in [3.05, 3.63) is 41.0 Å². The number of methoxy groups -OCH3 is 3. The van der Waals surface area contributed by atoms with Crippen molar-refractivity contribution in [1.82, 2.24) is 0 Å². The number of benzene rings is 2. The molecule has 1 N–H and O–H groups in total. The van der Waals surface area contributed by atoms with Gasteiger partial charge in [-0.1, -0.05) is 0 Å². The van der Waals surface area contributed by atoms with Crippen LogP contribution in [-0.2, 0) is 9.53 Å². The molecule has 8 heteroatoms. The van der Waals surface area contributed by atoms with Crippen LogP contribution >= 0.6 is 0 Å². The average Bonchev–Trinajstić information content (AvgIpc) is 3.38. The van der Waals surface area contributed by atoms with E-state index in [2.05, 4.69) is 0 Å². The van der Waals surface area contributed by atoms with Gasteiger partial charge in [0.05, 0.1) is 40.0 Å². The van der Waals surface area contributed by atoms with E-state index in [1.807, 2.05) is 18.2 Å². The normalized spacial score (nSPS) is 25.9. The number of fused-ring (bicyclic) bond motifs is 3. The fraction of sp³-hybridized carbons (Fsp3) is 0.409. The van der Waals surface area contributed by atoms with Crippen molar-refractivity contribution in [2.24, 2.45) is 11.8 Å². The summed E-state index contributed by atoms with van der Waals surface area (Å²) in [5.74, 6) is 0.989. The second-order valence-electron chi connectivity index (χ2n) is 7.54. The van der Waals surface area contributed by atoms with E-state index in [0.29, 0.717) is 34.3 Å². The van der Waals surface area contributed by atoms with Gasteiger partial charge >= 0.3 is 5.97 Å². The Morgan fingerprint density at radius 1 is 0.900 bits per heavy atom. The summed E-state index contributed by atoms with van der Waals surface area (Å²) in [6.45, 7) is 0.289. The molecule has 3 aliphatic rings. The summed E-state index contributed by atoms with van der Waals surface area (Å²) in [7, 11) is 4.63. The molecule has 4 atom stereocenters. The Kier molecular flexibility index (Phi) is 4.39. The van der Waals surface area contributed by atoms with Crippen molar-refractivity contribution in [2.75, 3.05) is 34.7 Å². The van der Waals surface area contributed by atoms with Gasteiger partial charge in [0.25, 0.3) is 0 Å². The third-order valence-electron chi connectivity index (χ3n) is 6.19. The van der Waals surface area contributed by atoms with Crippen LogP contribution in [0.5, 0.6) is 28.7 Å². The lowest BCUT2D eigenvalue weighted by atomic mass is 9.66. The minimum atomic E-state index is -0.843. The van der Waals surface area contributed by atoms with Crippen molar-refractivity contribution in [3.8, 4) is 28.7 Å². The molecule has 0 amide bonds. The Morgan fingerprint density at radius 2 is 1.53 bits per heavy atom. The van der Waals surface area contributed by atoms with E-state index >= 15 is 0 Å². The lowest BCUT2D eigenvalue weighted by Crippen LogP contribution is -2.34. The molecule has 0 bridgehead atoms. The number of aliphatic hydroxyl groups is 1. The van der Waals surface area contributed by atoms with Crippen LogP contribution in [0.1, 0.15) is 28.7 Å². The van der Waals surface area contributed by atoms with Crippen LogP contribution in [0, 0.1) is 11.8 Å². The predicted octanol–water partition coefficient (Wildman–Crippen LogP) is 2.41. The van der Waals surface area contributed by atoms with Gasteiger partial charge in [-0.25, -0.2) is 0 Å². The molecule has 2 aromatic carbocycles. The molecule has 1 aliphatic carbocycles. The minimum Gasteiger partial charge on any atom is -0.493 e. The highest BCUT2D eigenvalue weighted by atomic mass is 16.7. The fourth-order valence-corrected chi connectivity index (χ4v) is 4.81. The van der Waals surface area contributed by atoms with Crippen LogP contribution < -0.4 is 23.7 Å². The SMILES string of the molecule is COc1cc([C@@H]2c3cc4c(cc3[C@@H](O)[C@H]3COC(=O)C23)OCO4)cc(OC)c1OC. The van der Waals surface area contributed by atoms with Crippen LogP contribution in [0.4, 0.5) is 0 Å². The van der Waals surface area contributed by atoms with E-state index in [1.165, 1.54) is 7.11 Å². The van der Waals surface area contributed by atoms with Gasteiger partial charge in [0.15, 0.2) is 23.0 Å². The molecular formula is C22H22O8. The van der Waals surface area contributed by atoms with Crippen molar-refractivity contribution in [3.63, 3.8) is 0 Å². The zero-order valence-electron chi connectivity index (χ0n) is 16.8. The second kappa shape index (κ2) is 6.98. The van der Waals surface area contributed by atoms with Gasteiger partial charge in [0, 0.05) is 11.8 Å². The van der Waals surface area contributed by atoms with E-state index in [0.717, 1.165) is 11.1 Å². The molecule has 1 unspecified atom stereocenters. The smallest absolute Gasteiger partial charge is 0.310 e. The Labute approximate surface area is 173 Å². The van der Waals surface area contributed by atoms with E-state index in [9.17, 15) is 9.90 Å². The van der Waals surface area contributed by atoms with Crippen molar-refractivity contribution < 1.29 is 38.3 Å². The Balaban J connectivity index is 1.74. The van der Waals surface area contributed by atoms with Crippen molar-refractivity contribution >= 4 is 5.97 Å². The second-order valence-corrected chi connectivity index (χ2v) is 7.54. The quantitative estimate of drug-likeness (QED) is 0.763. The zero-order chi connectivity index (χ0) is 21.0. The zero-order valence-corrected chi connectivity index (χ0v) is 16.8. The first-order valence-corrected chi connectivity index (χ1v) is 9.65. The number of carbonyl (C=O) groups excluding carboxylic acids is 1. The molecule has 2 heterocycles. The number of carbonyl (C=O) groups is 1. The Morgan fingerprint density at radius 3 is 2.13 bits per heavy atom. The molecule has 1 saturated heterocycles. The van der Waals surface area contributed by atoms with Crippen LogP contribution in [0.25, 0.3) is 0 Å². The summed E-state index contributed by atoms with van der Waals surface area (Å²) in [4.78, 5) is 12.7. The summed E-state index contributed by atoms with van der Waals surface area (Å²) in [5.41, 5.74) is 2.30. The molecule has 0 aromatic heterocycles. The summed E-state index contributed by atoms with van der Waals surface area (Å²) in [5, 5.41) is 11.0. The highest BCUT2D eigenvalue weighted by Crippen LogP contribution is 2.55.